The van der Waals surface area contributed by atoms with Gasteiger partial charge in [0.05, 0.1) is 11.3 Å². The van der Waals surface area contributed by atoms with E-state index in [4.69, 9.17) is 10.00 Å². The summed E-state index contributed by atoms with van der Waals surface area (Å²) in [5.74, 6) is -0.776. The molecule has 0 heterocycles. The summed E-state index contributed by atoms with van der Waals surface area (Å²) in [5, 5.41) is 8.53. The number of nitriles is 1. The molecular formula is C12H13NO4S. The van der Waals surface area contributed by atoms with Crippen molar-refractivity contribution in [2.45, 2.75) is 18.8 Å². The highest BCUT2D eigenvalue weighted by Crippen LogP contribution is 2.10. The predicted molar refractivity (Wildman–Crippen MR) is 65.5 cm³/mol. The van der Waals surface area contributed by atoms with Crippen LogP contribution in [-0.2, 0) is 20.3 Å². The number of carbonyl (C=O) groups is 1. The van der Waals surface area contributed by atoms with Crippen LogP contribution in [0.1, 0.15) is 22.8 Å². The summed E-state index contributed by atoms with van der Waals surface area (Å²) in [4.78, 5) is 11.6. The molecule has 0 saturated carbocycles. The van der Waals surface area contributed by atoms with Gasteiger partial charge in [0.15, 0.2) is 15.9 Å². The summed E-state index contributed by atoms with van der Waals surface area (Å²) < 4.78 is 27.1. The minimum atomic E-state index is -3.15. The maximum absolute atomic E-state index is 11.6. The summed E-state index contributed by atoms with van der Waals surface area (Å²) in [6.07, 6.45) is 0.284. The second-order valence-corrected chi connectivity index (χ2v) is 6.09. The fourth-order valence-corrected chi connectivity index (χ4v) is 2.13. The van der Waals surface area contributed by atoms with Crippen LogP contribution in [0.2, 0.25) is 0 Å². The van der Waals surface area contributed by atoms with Crippen LogP contribution >= 0.6 is 0 Å². The van der Waals surface area contributed by atoms with Crippen molar-refractivity contribution >= 4 is 15.8 Å². The molecule has 18 heavy (non-hydrogen) atoms. The number of esters is 1. The number of sulfone groups is 1. The molecule has 0 aliphatic rings. The molecule has 0 spiro atoms. The maximum Gasteiger partial charge on any atom is 0.339 e. The Bertz CT molecular complexity index is 586. The molecule has 96 valence electrons. The Balaban J connectivity index is 2.89. The SMILES string of the molecule is C[C@H](C#N)OC(=O)c1cccc(CS(C)(=O)=O)c1. The van der Waals surface area contributed by atoms with Crippen molar-refractivity contribution < 1.29 is 17.9 Å². The predicted octanol–water partition coefficient (Wildman–Crippen LogP) is 1.30. The van der Waals surface area contributed by atoms with E-state index in [1.54, 1.807) is 18.2 Å². The lowest BCUT2D eigenvalue weighted by molar-refractivity contribution is 0.0435. The molecule has 0 bridgehead atoms. The van der Waals surface area contributed by atoms with Gasteiger partial charge in [0, 0.05) is 6.26 Å². The molecule has 0 N–H and O–H groups in total. The Kier molecular flexibility index (Phi) is 4.45. The van der Waals surface area contributed by atoms with Crippen molar-refractivity contribution in [2.24, 2.45) is 0 Å². The first-order valence-electron chi connectivity index (χ1n) is 5.19. The number of benzene rings is 1. The van der Waals surface area contributed by atoms with Crippen LogP contribution in [0.4, 0.5) is 0 Å². The molecule has 1 aromatic rings. The van der Waals surface area contributed by atoms with E-state index in [9.17, 15) is 13.2 Å². The third kappa shape index (κ3) is 4.55. The van der Waals surface area contributed by atoms with Gasteiger partial charge in [0.1, 0.15) is 6.07 Å². The first kappa shape index (κ1) is 14.2. The molecule has 1 aromatic carbocycles. The quantitative estimate of drug-likeness (QED) is 0.768. The number of rotatable bonds is 4. The van der Waals surface area contributed by atoms with Crippen LogP contribution in [0, 0.1) is 11.3 Å². The second kappa shape index (κ2) is 5.65. The van der Waals surface area contributed by atoms with Gasteiger partial charge >= 0.3 is 5.97 Å². The average molecular weight is 267 g/mol. The lowest BCUT2D eigenvalue weighted by atomic mass is 10.1. The van der Waals surface area contributed by atoms with Gasteiger partial charge in [-0.25, -0.2) is 13.2 Å². The van der Waals surface area contributed by atoms with E-state index >= 15 is 0 Å². The lowest BCUT2D eigenvalue weighted by Gasteiger charge is -2.07. The molecule has 0 saturated heterocycles. The van der Waals surface area contributed by atoms with Crippen LogP contribution in [0.25, 0.3) is 0 Å². The summed E-state index contributed by atoms with van der Waals surface area (Å²) in [7, 11) is -3.15. The molecule has 1 atom stereocenters. The normalized spacial score (nSPS) is 12.5. The molecule has 0 fully saturated rings. The van der Waals surface area contributed by atoms with Crippen molar-refractivity contribution in [1.82, 2.24) is 0 Å². The standard InChI is InChI=1S/C12H13NO4S/c1-9(7-13)17-12(14)11-5-3-4-10(6-11)8-18(2,15)16/h3-6,9H,8H2,1-2H3/t9-/m1/s1. The summed E-state index contributed by atoms with van der Waals surface area (Å²) in [6.45, 7) is 1.46. The van der Waals surface area contributed by atoms with Gasteiger partial charge in [0.2, 0.25) is 0 Å². The highest BCUT2D eigenvalue weighted by atomic mass is 32.2. The van der Waals surface area contributed by atoms with Gasteiger partial charge in [-0.2, -0.15) is 5.26 Å². The average Bonchev–Trinajstić information content (AvgIpc) is 2.26. The van der Waals surface area contributed by atoms with Gasteiger partial charge in [-0.1, -0.05) is 12.1 Å². The number of carbonyl (C=O) groups excluding carboxylic acids is 1. The van der Waals surface area contributed by atoms with E-state index in [0.717, 1.165) is 6.26 Å². The monoisotopic (exact) mass is 267 g/mol. The Labute approximate surface area is 106 Å². The molecule has 0 aliphatic carbocycles. The molecule has 6 heteroatoms. The summed E-state index contributed by atoms with van der Waals surface area (Å²) >= 11 is 0. The Morgan fingerprint density at radius 3 is 2.72 bits per heavy atom. The van der Waals surface area contributed by atoms with E-state index in [0.29, 0.717) is 5.56 Å². The van der Waals surface area contributed by atoms with E-state index in [1.165, 1.54) is 19.1 Å². The number of hydrogen-bond donors (Lipinski definition) is 0. The van der Waals surface area contributed by atoms with E-state index in [-0.39, 0.29) is 11.3 Å². The number of nitrogens with zero attached hydrogens (tertiary/aromatic N) is 1. The maximum atomic E-state index is 11.6. The van der Waals surface area contributed by atoms with Crippen molar-refractivity contribution in [3.8, 4) is 6.07 Å². The molecule has 5 nitrogen and oxygen atoms in total. The van der Waals surface area contributed by atoms with Crippen molar-refractivity contribution in [3.63, 3.8) is 0 Å². The number of hydrogen-bond acceptors (Lipinski definition) is 5. The van der Waals surface area contributed by atoms with E-state index in [2.05, 4.69) is 0 Å². The molecule has 1 rings (SSSR count). The van der Waals surface area contributed by atoms with E-state index in [1.807, 2.05) is 0 Å². The minimum Gasteiger partial charge on any atom is -0.444 e. The van der Waals surface area contributed by atoms with Crippen molar-refractivity contribution in [1.29, 1.82) is 5.26 Å². The summed E-state index contributed by atoms with van der Waals surface area (Å²) in [5.41, 5.74) is 0.745. The second-order valence-electron chi connectivity index (χ2n) is 3.95. The Morgan fingerprint density at radius 2 is 2.17 bits per heavy atom. The molecule has 0 radical (unpaired) electrons. The van der Waals surface area contributed by atoms with Crippen molar-refractivity contribution in [3.05, 3.63) is 35.4 Å². The molecule has 0 aliphatic heterocycles. The fraction of sp³-hybridized carbons (Fsp3) is 0.333. The third-order valence-electron chi connectivity index (χ3n) is 2.06. The van der Waals surface area contributed by atoms with Crippen LogP contribution < -0.4 is 0 Å². The van der Waals surface area contributed by atoms with Gasteiger partial charge in [-0.3, -0.25) is 0 Å². The van der Waals surface area contributed by atoms with E-state index < -0.39 is 21.9 Å². The summed E-state index contributed by atoms with van der Waals surface area (Å²) in [6, 6.07) is 7.94. The zero-order valence-corrected chi connectivity index (χ0v) is 10.9. The minimum absolute atomic E-state index is 0.137. The van der Waals surface area contributed by atoms with Gasteiger partial charge in [0.25, 0.3) is 0 Å². The highest BCUT2D eigenvalue weighted by molar-refractivity contribution is 7.89. The van der Waals surface area contributed by atoms with Crippen LogP contribution in [-0.4, -0.2) is 26.7 Å². The molecular weight excluding hydrogens is 254 g/mol. The van der Waals surface area contributed by atoms with Crippen molar-refractivity contribution in [2.75, 3.05) is 6.26 Å². The lowest BCUT2D eigenvalue weighted by Crippen LogP contribution is -2.13. The highest BCUT2D eigenvalue weighted by Gasteiger charge is 2.13. The third-order valence-corrected chi connectivity index (χ3v) is 2.91. The Morgan fingerprint density at radius 1 is 1.50 bits per heavy atom. The first-order chi connectivity index (χ1) is 8.31. The molecule has 0 unspecified atom stereocenters. The molecule has 0 aromatic heterocycles. The topological polar surface area (TPSA) is 84.2 Å². The smallest absolute Gasteiger partial charge is 0.339 e. The van der Waals surface area contributed by atoms with Gasteiger partial charge < -0.3 is 4.74 Å². The van der Waals surface area contributed by atoms with Crippen LogP contribution in [0.3, 0.4) is 0 Å². The zero-order valence-electron chi connectivity index (χ0n) is 10.1. The largest absolute Gasteiger partial charge is 0.444 e. The van der Waals surface area contributed by atoms with Gasteiger partial charge in [-0.15, -0.1) is 0 Å². The van der Waals surface area contributed by atoms with Crippen LogP contribution in [0.5, 0.6) is 0 Å². The number of ether oxygens (including phenoxy) is 1. The first-order valence-corrected chi connectivity index (χ1v) is 7.25. The Hall–Kier alpha value is -1.87. The molecule has 0 amide bonds. The zero-order chi connectivity index (χ0) is 13.8. The van der Waals surface area contributed by atoms with Crippen LogP contribution in [0.15, 0.2) is 24.3 Å². The fourth-order valence-electron chi connectivity index (χ4n) is 1.35. The van der Waals surface area contributed by atoms with Gasteiger partial charge in [-0.05, 0) is 24.6 Å².